The summed E-state index contributed by atoms with van der Waals surface area (Å²) in [5.74, 6) is -3.82. The van der Waals surface area contributed by atoms with Gasteiger partial charge in [-0.05, 0) is 43.3 Å². The second-order valence-electron chi connectivity index (χ2n) is 8.46. The molecule has 14 heteroatoms. The van der Waals surface area contributed by atoms with Crippen LogP contribution in [0.5, 0.6) is 11.5 Å². The molecule has 0 saturated carbocycles. The van der Waals surface area contributed by atoms with E-state index < -0.39 is 40.8 Å². The molecular formula is C26H21ClF5N5O3. The first kappa shape index (κ1) is 28.6. The summed E-state index contributed by atoms with van der Waals surface area (Å²) in [6.45, 7) is 1.94. The molecule has 0 unspecified atom stereocenters. The fraction of sp³-hybridized carbons (Fsp3) is 0.192. The predicted octanol–water partition coefficient (Wildman–Crippen LogP) is 6.36. The van der Waals surface area contributed by atoms with Crippen LogP contribution in [0.1, 0.15) is 33.2 Å². The Morgan fingerprint density at radius 2 is 1.77 bits per heavy atom. The first-order valence-electron chi connectivity index (χ1n) is 11.7. The Bertz CT molecular complexity index is 1640. The normalized spacial score (nSPS) is 11.4. The summed E-state index contributed by atoms with van der Waals surface area (Å²) < 4.78 is 75.2. The highest BCUT2D eigenvalue weighted by Gasteiger charge is 2.32. The molecule has 4 aromatic rings. The molecule has 0 aliphatic rings. The lowest BCUT2D eigenvalue weighted by Gasteiger charge is -2.18. The maximum Gasteiger partial charge on any atom is 0.416 e. The monoisotopic (exact) mass is 581 g/mol. The van der Waals surface area contributed by atoms with E-state index in [0.717, 1.165) is 12.1 Å². The minimum atomic E-state index is -4.92. The van der Waals surface area contributed by atoms with Gasteiger partial charge in [0.25, 0.3) is 11.8 Å². The zero-order valence-corrected chi connectivity index (χ0v) is 21.9. The van der Waals surface area contributed by atoms with Crippen LogP contribution in [0, 0.1) is 11.6 Å². The number of alkyl halides is 3. The number of carbonyl (C=O) groups is 2. The van der Waals surface area contributed by atoms with E-state index >= 15 is 0 Å². The molecule has 1 aromatic heterocycles. The number of aryl methyl sites for hydroxylation is 1. The number of fused-ring (bicyclic) bond motifs is 1. The average Bonchev–Trinajstić information content (AvgIpc) is 3.22. The van der Waals surface area contributed by atoms with Gasteiger partial charge in [-0.1, -0.05) is 11.6 Å². The number of hydrogen-bond acceptors (Lipinski definition) is 5. The van der Waals surface area contributed by atoms with Crippen LogP contribution in [-0.2, 0) is 13.2 Å². The van der Waals surface area contributed by atoms with Gasteiger partial charge in [0.15, 0.2) is 11.6 Å². The topological polar surface area (TPSA) is 97.3 Å². The number of nitrogens with one attached hydrogen (secondary N) is 3. The van der Waals surface area contributed by atoms with Gasteiger partial charge in [-0.2, -0.15) is 18.3 Å². The van der Waals surface area contributed by atoms with E-state index in [0.29, 0.717) is 12.1 Å². The van der Waals surface area contributed by atoms with Crippen LogP contribution < -0.4 is 20.7 Å². The molecule has 3 N–H and O–H groups in total. The second-order valence-corrected chi connectivity index (χ2v) is 8.87. The predicted molar refractivity (Wildman–Crippen MR) is 139 cm³/mol. The number of amides is 2. The summed E-state index contributed by atoms with van der Waals surface area (Å²) in [6.07, 6.45) is -4.92. The summed E-state index contributed by atoms with van der Waals surface area (Å²) in [4.78, 5) is 26.2. The fourth-order valence-electron chi connectivity index (χ4n) is 4.01. The van der Waals surface area contributed by atoms with Crippen molar-refractivity contribution in [3.63, 3.8) is 0 Å². The third-order valence-corrected chi connectivity index (χ3v) is 6.03. The SMILES string of the molecule is CCNC(=O)c1cc(NC(=O)c2cc(F)cc(C(F)(F)F)c2)c(Oc2cc(F)ccc2Cl)c2c(NC)nn(C)c12. The van der Waals surface area contributed by atoms with Gasteiger partial charge >= 0.3 is 6.18 Å². The zero-order valence-electron chi connectivity index (χ0n) is 21.1. The second kappa shape index (κ2) is 11.0. The average molecular weight is 582 g/mol. The van der Waals surface area contributed by atoms with Crippen molar-refractivity contribution in [2.45, 2.75) is 13.1 Å². The zero-order chi connectivity index (χ0) is 29.4. The summed E-state index contributed by atoms with van der Waals surface area (Å²) >= 11 is 6.20. The van der Waals surface area contributed by atoms with E-state index in [9.17, 15) is 31.5 Å². The van der Waals surface area contributed by atoms with E-state index in [2.05, 4.69) is 21.0 Å². The fourth-order valence-corrected chi connectivity index (χ4v) is 4.16. The molecule has 40 heavy (non-hydrogen) atoms. The number of aromatic nitrogens is 2. The number of carbonyl (C=O) groups excluding carboxylic acids is 2. The molecule has 2 amide bonds. The van der Waals surface area contributed by atoms with Crippen molar-refractivity contribution in [1.82, 2.24) is 15.1 Å². The first-order chi connectivity index (χ1) is 18.8. The molecule has 0 aliphatic carbocycles. The van der Waals surface area contributed by atoms with Gasteiger partial charge in [-0.15, -0.1) is 0 Å². The molecule has 0 atom stereocenters. The number of hydrogen-bond donors (Lipinski definition) is 3. The van der Waals surface area contributed by atoms with Crippen molar-refractivity contribution in [2.75, 3.05) is 24.2 Å². The Kier molecular flexibility index (Phi) is 7.87. The van der Waals surface area contributed by atoms with Gasteiger partial charge in [0.1, 0.15) is 17.4 Å². The van der Waals surface area contributed by atoms with Gasteiger partial charge in [0, 0.05) is 32.3 Å². The largest absolute Gasteiger partial charge is 0.453 e. The summed E-state index contributed by atoms with van der Waals surface area (Å²) in [5.41, 5.74) is -1.95. The summed E-state index contributed by atoms with van der Waals surface area (Å²) in [6, 6.07) is 5.89. The third kappa shape index (κ3) is 5.64. The lowest BCUT2D eigenvalue weighted by atomic mass is 10.1. The van der Waals surface area contributed by atoms with Crippen LogP contribution >= 0.6 is 11.6 Å². The standard InChI is InChI=1S/C26H21ClF5N5O3/c1-4-34-25(39)16-11-18(35-24(38)12-7-13(26(30,31)32)9-15(29)8-12)22(20-21(16)37(3)36-23(20)33-2)40-19-10-14(28)5-6-17(19)27/h5-11H,4H2,1-3H3,(H,33,36)(H,34,39)(H,35,38). The number of ether oxygens (including phenoxy) is 1. The maximum atomic E-state index is 14.1. The van der Waals surface area contributed by atoms with Crippen LogP contribution in [-0.4, -0.2) is 35.2 Å². The highest BCUT2D eigenvalue weighted by Crippen LogP contribution is 2.44. The number of rotatable bonds is 7. The van der Waals surface area contributed by atoms with Crippen LogP contribution in [0.3, 0.4) is 0 Å². The number of benzene rings is 3. The molecule has 8 nitrogen and oxygen atoms in total. The van der Waals surface area contributed by atoms with Crippen molar-refractivity contribution >= 4 is 45.8 Å². The summed E-state index contributed by atoms with van der Waals surface area (Å²) in [5, 5.41) is 12.4. The van der Waals surface area contributed by atoms with Crippen molar-refractivity contribution in [3.05, 3.63) is 75.8 Å². The van der Waals surface area contributed by atoms with Crippen molar-refractivity contribution in [3.8, 4) is 11.5 Å². The molecule has 210 valence electrons. The Morgan fingerprint density at radius 1 is 1.05 bits per heavy atom. The van der Waals surface area contributed by atoms with Crippen LogP contribution in [0.2, 0.25) is 5.02 Å². The number of anilines is 2. The smallest absolute Gasteiger partial charge is 0.416 e. The third-order valence-electron chi connectivity index (χ3n) is 5.72. The van der Waals surface area contributed by atoms with Gasteiger partial charge in [0.2, 0.25) is 0 Å². The molecule has 0 bridgehead atoms. The Hall–Kier alpha value is -4.39. The van der Waals surface area contributed by atoms with E-state index in [1.165, 1.54) is 23.9 Å². The highest BCUT2D eigenvalue weighted by atomic mass is 35.5. The number of nitrogens with zero attached hydrogens (tertiary/aromatic N) is 2. The van der Waals surface area contributed by atoms with Gasteiger partial charge in [-0.25, -0.2) is 8.78 Å². The molecule has 0 spiro atoms. The molecule has 1 heterocycles. The Balaban J connectivity index is 1.96. The van der Waals surface area contributed by atoms with Crippen LogP contribution in [0.25, 0.3) is 10.9 Å². The van der Waals surface area contributed by atoms with Gasteiger partial charge in [0.05, 0.1) is 32.7 Å². The minimum Gasteiger partial charge on any atom is -0.453 e. The first-order valence-corrected chi connectivity index (χ1v) is 12.0. The lowest BCUT2D eigenvalue weighted by Crippen LogP contribution is -2.24. The van der Waals surface area contributed by atoms with E-state index in [4.69, 9.17) is 16.3 Å². The minimum absolute atomic E-state index is 0.00511. The molecular weight excluding hydrogens is 561 g/mol. The number of halogens is 6. The quantitative estimate of drug-likeness (QED) is 0.221. The van der Waals surface area contributed by atoms with E-state index in [-0.39, 0.29) is 57.1 Å². The highest BCUT2D eigenvalue weighted by molar-refractivity contribution is 6.32. The molecule has 0 saturated heterocycles. The van der Waals surface area contributed by atoms with Crippen molar-refractivity contribution in [2.24, 2.45) is 7.05 Å². The molecule has 0 aliphatic heterocycles. The Morgan fingerprint density at radius 3 is 2.42 bits per heavy atom. The summed E-state index contributed by atoms with van der Waals surface area (Å²) in [7, 11) is 3.08. The van der Waals surface area contributed by atoms with Crippen LogP contribution in [0.15, 0.2) is 42.5 Å². The molecule has 3 aromatic carbocycles. The van der Waals surface area contributed by atoms with Gasteiger partial charge in [-0.3, -0.25) is 14.3 Å². The maximum absolute atomic E-state index is 14.1. The van der Waals surface area contributed by atoms with Crippen LogP contribution in [0.4, 0.5) is 33.5 Å². The molecule has 0 radical (unpaired) electrons. The molecule has 0 fully saturated rings. The lowest BCUT2D eigenvalue weighted by molar-refractivity contribution is -0.137. The van der Waals surface area contributed by atoms with Crippen molar-refractivity contribution in [1.29, 1.82) is 0 Å². The molecule has 4 rings (SSSR count). The van der Waals surface area contributed by atoms with Crippen molar-refractivity contribution < 1.29 is 36.3 Å². The Labute approximate surface area is 229 Å². The van der Waals surface area contributed by atoms with E-state index in [1.54, 1.807) is 14.0 Å². The van der Waals surface area contributed by atoms with E-state index in [1.807, 2.05) is 0 Å². The van der Waals surface area contributed by atoms with Gasteiger partial charge < -0.3 is 20.7 Å².